The molecule has 4 rings (SSSR count). The third-order valence-electron chi connectivity index (χ3n) is 17.7. The highest BCUT2D eigenvalue weighted by Crippen LogP contribution is 2.27. The Hall–Kier alpha value is -5.61. The van der Waals surface area contributed by atoms with E-state index < -0.39 is 201 Å². The van der Waals surface area contributed by atoms with E-state index in [4.69, 9.17) is 52.1 Å². The van der Waals surface area contributed by atoms with Crippen molar-refractivity contribution in [2.24, 2.45) is 0 Å². The van der Waals surface area contributed by atoms with E-state index >= 15 is 0 Å². The second-order valence-corrected chi connectivity index (χ2v) is 27.6. The number of rotatable bonds is 51. The second kappa shape index (κ2) is 51.0. The first-order valence-corrected chi connectivity index (χ1v) is 36.9. The summed E-state index contributed by atoms with van der Waals surface area (Å²) in [6, 6.07) is -6.17. The number of carbonyl (C=O) groups excluding carboxylic acids is 9. The van der Waals surface area contributed by atoms with Crippen molar-refractivity contribution < 1.29 is 146 Å². The fourth-order valence-corrected chi connectivity index (χ4v) is 11.9. The molecule has 9 amide bonds. The molecule has 4 heterocycles. The Morgan fingerprint density at radius 1 is 0.411 bits per heavy atom. The fourth-order valence-electron chi connectivity index (χ4n) is 11.9. The van der Waals surface area contributed by atoms with Crippen LogP contribution >= 0.6 is 0 Å². The van der Waals surface area contributed by atoms with Crippen molar-refractivity contribution in [2.45, 2.75) is 266 Å². The molecule has 20 atom stereocenters. The van der Waals surface area contributed by atoms with Crippen LogP contribution in [0.3, 0.4) is 0 Å². The normalized spacial score (nSPS) is 27.9. The van der Waals surface area contributed by atoms with E-state index in [1.807, 2.05) is 20.8 Å². The van der Waals surface area contributed by atoms with Crippen molar-refractivity contribution in [3.8, 4) is 0 Å². The van der Waals surface area contributed by atoms with Gasteiger partial charge in [-0.3, -0.25) is 43.2 Å². The second-order valence-electron chi connectivity index (χ2n) is 27.6. The van der Waals surface area contributed by atoms with Crippen molar-refractivity contribution >= 4 is 53.2 Å². The van der Waals surface area contributed by atoms with Crippen molar-refractivity contribution in [3.63, 3.8) is 0 Å². The maximum Gasteiger partial charge on any atom is 0.249 e. The van der Waals surface area contributed by atoms with Crippen molar-refractivity contribution in [3.05, 3.63) is 0 Å². The minimum absolute atomic E-state index is 0.0225. The maximum atomic E-state index is 13.8. The van der Waals surface area contributed by atoms with Crippen molar-refractivity contribution in [2.75, 3.05) is 112 Å². The number of unbranched alkanes of at least 4 members (excludes halogenated alkanes) is 7. The number of aliphatic hydroxyl groups excluding tert-OH is 10. The number of carbonyl (C=O) groups is 9. The van der Waals surface area contributed by atoms with Gasteiger partial charge in [-0.2, -0.15) is 0 Å². The third kappa shape index (κ3) is 35.5. The topological polar surface area (TPSA) is 566 Å². The molecule has 0 radical (unpaired) electrons. The zero-order chi connectivity index (χ0) is 79.0. The summed E-state index contributed by atoms with van der Waals surface area (Å²) in [4.78, 5) is 117. The molecule has 0 bridgehead atoms. The van der Waals surface area contributed by atoms with Crippen LogP contribution in [-0.4, -0.2) is 344 Å². The Morgan fingerprint density at radius 3 is 1.18 bits per heavy atom. The molecule has 39 nitrogen and oxygen atoms in total. The molecule has 0 spiro atoms. The van der Waals surface area contributed by atoms with Crippen molar-refractivity contribution in [1.82, 2.24) is 47.9 Å². The van der Waals surface area contributed by atoms with Crippen LogP contribution < -0.4 is 47.9 Å². The molecule has 4 aliphatic heterocycles. The number of nitrogens with one attached hydrogen (secondary N) is 9. The average molecular weight is 1540 g/mol. The highest BCUT2D eigenvalue weighted by Gasteiger charge is 2.48. The van der Waals surface area contributed by atoms with E-state index in [9.17, 15) is 94.2 Å². The van der Waals surface area contributed by atoms with Crippen LogP contribution in [0.1, 0.15) is 138 Å². The van der Waals surface area contributed by atoms with Gasteiger partial charge in [-0.15, -0.1) is 0 Å². The molecule has 107 heavy (non-hydrogen) atoms. The van der Waals surface area contributed by atoms with Crippen LogP contribution in [0.5, 0.6) is 0 Å². The summed E-state index contributed by atoms with van der Waals surface area (Å²) in [5.41, 5.74) is -0.419. The van der Waals surface area contributed by atoms with Gasteiger partial charge < -0.3 is 151 Å². The molecule has 618 valence electrons. The van der Waals surface area contributed by atoms with Crippen LogP contribution in [0.2, 0.25) is 0 Å². The quantitative estimate of drug-likeness (QED) is 0.0252. The molecule has 4 fully saturated rings. The standard InChI is InChI=1S/C68H121N9O30/c1-39(81)73-53-59(91)56(88)46(35-78)105-65(53)100-32-29-97-26-23-69-50(85)20-16-42(62(94)71-24-27-98-30-33-101-66-54(74-40(2)82)60(92)57(89)47(36-79)106-66)77-52(87)21-17-43(63(95)72-25-28-99-31-34-102-67-55(75-41(3)83)61(93)58(90)48(37-80)107-67)76-51(86)15-13-11-9-7-8-10-12-14-22-70-64(96)45-19-18-44(84)49(104-45)38-103-68(4,5)6/h42-49,53-61,65-67,78-80,84,88-93H,7-38H2,1-6H3,(H,69,85)(H,70,96)(H,71,94)(H,72,95)(H,73,81)(H,74,82)(H,75,83)(H,76,86)(H,77,87)/t42-,43-,44-,45+,46?,47?,48?,49+,53?,54?,55?,56?,57?,58?,59?,60?,61?,65?,66?,67?/m0/s1. The maximum absolute atomic E-state index is 13.8. The van der Waals surface area contributed by atoms with Gasteiger partial charge in [0, 0.05) is 66.2 Å². The SMILES string of the molecule is CC(=O)NC1C(OCCOCCNC(=O)CC[C@H](NC(=O)CC[C@H](NC(=O)CCCCCCCCCCNC(=O)[C@H]2CC[C@H](O)[C@@H](COC(C)(C)C)O2)C(=O)NCCOCCOC2OC(CO)C(O)C(O)C2NC(C)=O)C(=O)NCCOCCOC2OC(CO)C(O)C(O)C2NC(C)=O)OC(CO)C(O)C1O. The average Bonchev–Trinajstić information content (AvgIpc) is 0.818. The molecule has 19 N–H and O–H groups in total. The first kappa shape index (κ1) is 93.8. The van der Waals surface area contributed by atoms with Gasteiger partial charge in [-0.25, -0.2) is 0 Å². The predicted octanol–water partition coefficient (Wildman–Crippen LogP) is -6.85. The van der Waals surface area contributed by atoms with E-state index in [2.05, 4.69) is 47.9 Å². The van der Waals surface area contributed by atoms with Gasteiger partial charge in [0.15, 0.2) is 18.9 Å². The summed E-state index contributed by atoms with van der Waals surface area (Å²) in [6.07, 6.45) is -12.5. The lowest BCUT2D eigenvalue weighted by molar-refractivity contribution is -0.272. The zero-order valence-electron chi connectivity index (χ0n) is 62.3. The Balaban J connectivity index is 1.32. The van der Waals surface area contributed by atoms with E-state index in [0.717, 1.165) is 38.5 Å². The van der Waals surface area contributed by atoms with Gasteiger partial charge in [0.25, 0.3) is 0 Å². The van der Waals surface area contributed by atoms with Crippen LogP contribution in [0.15, 0.2) is 0 Å². The Morgan fingerprint density at radius 2 is 0.785 bits per heavy atom. The lowest BCUT2D eigenvalue weighted by Crippen LogP contribution is -2.64. The lowest BCUT2D eigenvalue weighted by Gasteiger charge is -2.42. The first-order chi connectivity index (χ1) is 51.0. The minimum atomic E-state index is -1.54. The third-order valence-corrected chi connectivity index (χ3v) is 17.7. The smallest absolute Gasteiger partial charge is 0.249 e. The predicted molar refractivity (Wildman–Crippen MR) is 372 cm³/mol. The van der Waals surface area contributed by atoms with Gasteiger partial charge in [0.2, 0.25) is 53.2 Å². The van der Waals surface area contributed by atoms with Gasteiger partial charge in [-0.05, 0) is 59.3 Å². The zero-order valence-corrected chi connectivity index (χ0v) is 62.3. The highest BCUT2D eigenvalue weighted by atomic mass is 16.7. The van der Waals surface area contributed by atoms with Crippen LogP contribution in [0.25, 0.3) is 0 Å². The first-order valence-electron chi connectivity index (χ1n) is 36.9. The molecule has 4 aliphatic rings. The molecule has 0 aliphatic carbocycles. The summed E-state index contributed by atoms with van der Waals surface area (Å²) in [5.74, 6) is -5.02. The summed E-state index contributed by atoms with van der Waals surface area (Å²) >= 11 is 0. The summed E-state index contributed by atoms with van der Waals surface area (Å²) in [5, 5.41) is 126. The van der Waals surface area contributed by atoms with Crippen LogP contribution in [0.4, 0.5) is 0 Å². The van der Waals surface area contributed by atoms with Gasteiger partial charge in [0.1, 0.15) is 97.4 Å². The van der Waals surface area contributed by atoms with Gasteiger partial charge in [-0.1, -0.05) is 38.5 Å². The number of aliphatic hydroxyl groups is 10. The summed E-state index contributed by atoms with van der Waals surface area (Å²) < 4.78 is 62.1. The molecular formula is C68H121N9O30. The number of amides is 9. The minimum Gasteiger partial charge on any atom is -0.394 e. The van der Waals surface area contributed by atoms with Gasteiger partial charge in [0.05, 0.1) is 97.6 Å². The van der Waals surface area contributed by atoms with Crippen LogP contribution in [0, 0.1) is 0 Å². The van der Waals surface area contributed by atoms with Crippen LogP contribution in [-0.2, 0) is 95.3 Å². The van der Waals surface area contributed by atoms with E-state index in [1.54, 1.807) is 0 Å². The molecule has 0 aromatic carbocycles. The monoisotopic (exact) mass is 1540 g/mol. The molecule has 39 heteroatoms. The molecule has 0 aromatic rings. The van der Waals surface area contributed by atoms with E-state index in [0.29, 0.717) is 32.2 Å². The summed E-state index contributed by atoms with van der Waals surface area (Å²) in [7, 11) is 0. The molecule has 4 saturated heterocycles. The fraction of sp³-hybridized carbons (Fsp3) is 0.868. The molecule has 0 aromatic heterocycles. The molecular weight excluding hydrogens is 1420 g/mol. The lowest BCUT2D eigenvalue weighted by atomic mass is 9.97. The van der Waals surface area contributed by atoms with E-state index in [-0.39, 0.29) is 117 Å². The molecule has 15 unspecified atom stereocenters. The number of hydrogen-bond acceptors (Lipinski definition) is 30. The van der Waals surface area contributed by atoms with E-state index in [1.165, 1.54) is 20.8 Å². The largest absolute Gasteiger partial charge is 0.394 e. The number of ether oxygens (including phenoxy) is 11. The summed E-state index contributed by atoms with van der Waals surface area (Å²) in [6.45, 7) is 6.79. The van der Waals surface area contributed by atoms with Gasteiger partial charge >= 0.3 is 0 Å². The number of hydrogen-bond donors (Lipinski definition) is 19. The Kier molecular flexibility index (Phi) is 44.7. The van der Waals surface area contributed by atoms with Crippen molar-refractivity contribution in [1.29, 1.82) is 0 Å². The molecule has 0 saturated carbocycles. The Bertz CT molecular complexity index is 2640. The highest BCUT2D eigenvalue weighted by molar-refractivity contribution is 5.90. The Labute approximate surface area is 623 Å².